The smallest absolute Gasteiger partial charge is 0.251 e. The summed E-state index contributed by atoms with van der Waals surface area (Å²) in [4.78, 5) is 15.0. The van der Waals surface area contributed by atoms with E-state index in [0.717, 1.165) is 35.7 Å². The van der Waals surface area contributed by atoms with Gasteiger partial charge in [0.15, 0.2) is 0 Å². The Kier molecular flexibility index (Phi) is 5.79. The van der Waals surface area contributed by atoms with Crippen molar-refractivity contribution in [3.8, 4) is 17.0 Å². The number of carbonyl (C=O) groups is 1. The number of methoxy groups -OCH3 is 1. The summed E-state index contributed by atoms with van der Waals surface area (Å²) in [5.74, 6) is 0.716. The van der Waals surface area contributed by atoms with E-state index in [-0.39, 0.29) is 5.91 Å². The molecule has 0 atom stereocenters. The second-order valence-corrected chi connectivity index (χ2v) is 7.28. The van der Waals surface area contributed by atoms with E-state index < -0.39 is 0 Å². The topological polar surface area (TPSA) is 70.2 Å². The fourth-order valence-corrected chi connectivity index (χ4v) is 3.71. The van der Waals surface area contributed by atoms with Gasteiger partial charge < -0.3 is 15.0 Å². The summed E-state index contributed by atoms with van der Waals surface area (Å²) in [7, 11) is 1.64. The predicted octanol–water partition coefficient (Wildman–Crippen LogP) is 4.01. The number of benzene rings is 2. The van der Waals surface area contributed by atoms with Gasteiger partial charge in [0, 0.05) is 42.0 Å². The molecule has 1 aromatic heterocycles. The number of rotatable bonds is 6. The van der Waals surface area contributed by atoms with E-state index in [9.17, 15) is 4.79 Å². The van der Waals surface area contributed by atoms with Gasteiger partial charge in [0.1, 0.15) is 5.75 Å². The highest BCUT2D eigenvalue weighted by Gasteiger charge is 2.13. The molecule has 0 radical (unpaired) electrons. The third-order valence-corrected chi connectivity index (χ3v) is 5.39. The molecule has 2 aromatic carbocycles. The molecule has 1 amide bonds. The van der Waals surface area contributed by atoms with Crippen LogP contribution in [-0.4, -0.2) is 36.3 Å². The lowest BCUT2D eigenvalue weighted by molar-refractivity contribution is 0.0951. The predicted molar refractivity (Wildman–Crippen MR) is 114 cm³/mol. The average Bonchev–Trinajstić information content (AvgIpc) is 3.27. The van der Waals surface area contributed by atoms with Crippen LogP contribution in [0.4, 0.5) is 5.69 Å². The van der Waals surface area contributed by atoms with Gasteiger partial charge in [0.2, 0.25) is 0 Å². The molecule has 2 N–H and O–H groups in total. The maximum absolute atomic E-state index is 12.6. The Balaban J connectivity index is 1.39. The zero-order valence-electron chi connectivity index (χ0n) is 16.6. The first-order valence-corrected chi connectivity index (χ1v) is 10.0. The molecule has 4 rings (SSSR count). The minimum atomic E-state index is -0.0860. The van der Waals surface area contributed by atoms with Gasteiger partial charge in [-0.15, -0.1) is 0 Å². The normalized spacial score (nSPS) is 13.9. The van der Waals surface area contributed by atoms with E-state index in [2.05, 4.69) is 20.4 Å². The van der Waals surface area contributed by atoms with Gasteiger partial charge in [-0.2, -0.15) is 5.10 Å². The van der Waals surface area contributed by atoms with Gasteiger partial charge >= 0.3 is 0 Å². The largest absolute Gasteiger partial charge is 0.497 e. The van der Waals surface area contributed by atoms with Crippen LogP contribution in [0.5, 0.6) is 5.75 Å². The summed E-state index contributed by atoms with van der Waals surface area (Å²) in [6, 6.07) is 15.6. The number of hydrogen-bond acceptors (Lipinski definition) is 4. The van der Waals surface area contributed by atoms with E-state index in [1.165, 1.54) is 24.9 Å². The third-order valence-electron chi connectivity index (χ3n) is 5.39. The zero-order chi connectivity index (χ0) is 20.1. The molecule has 0 bridgehead atoms. The van der Waals surface area contributed by atoms with Gasteiger partial charge in [-0.1, -0.05) is 0 Å². The van der Waals surface area contributed by atoms with Crippen LogP contribution in [0.2, 0.25) is 0 Å². The fourth-order valence-electron chi connectivity index (χ4n) is 3.71. The lowest BCUT2D eigenvalue weighted by Crippen LogP contribution is -2.29. The monoisotopic (exact) mass is 390 g/mol. The molecule has 3 aromatic rings. The van der Waals surface area contributed by atoms with Crippen molar-refractivity contribution in [3.05, 3.63) is 65.9 Å². The number of hydrogen-bond donors (Lipinski definition) is 2. The Labute approximate surface area is 170 Å². The molecule has 2 heterocycles. The number of carbonyl (C=O) groups excluding carboxylic acids is 1. The molecule has 1 saturated heterocycles. The van der Waals surface area contributed by atoms with Gasteiger partial charge in [-0.3, -0.25) is 9.89 Å². The Hall–Kier alpha value is -3.28. The molecular formula is C23H26N4O2. The van der Waals surface area contributed by atoms with Crippen molar-refractivity contribution in [2.75, 3.05) is 25.1 Å². The number of piperidine rings is 1. The van der Waals surface area contributed by atoms with E-state index in [4.69, 9.17) is 4.74 Å². The van der Waals surface area contributed by atoms with Crippen molar-refractivity contribution in [2.45, 2.75) is 25.8 Å². The summed E-state index contributed by atoms with van der Waals surface area (Å²) < 4.78 is 5.21. The molecule has 29 heavy (non-hydrogen) atoms. The Morgan fingerprint density at radius 3 is 2.48 bits per heavy atom. The lowest BCUT2D eigenvalue weighted by atomic mass is 10.1. The standard InChI is InChI=1S/C23H26N4O2/c1-29-21-11-7-17(8-12-21)22-19(16-25-26-22)15-24-23(28)18-5-9-20(10-6-18)27-13-3-2-4-14-27/h5-12,16H,2-4,13-15H2,1H3,(H,24,28)(H,25,26). The van der Waals surface area contributed by atoms with Crippen molar-refractivity contribution >= 4 is 11.6 Å². The van der Waals surface area contributed by atoms with Crippen LogP contribution in [0, 0.1) is 0 Å². The number of aromatic amines is 1. The molecular weight excluding hydrogens is 364 g/mol. The second-order valence-electron chi connectivity index (χ2n) is 7.28. The number of ether oxygens (including phenoxy) is 1. The fraction of sp³-hybridized carbons (Fsp3) is 0.304. The van der Waals surface area contributed by atoms with E-state index in [1.54, 1.807) is 13.3 Å². The quantitative estimate of drug-likeness (QED) is 0.667. The molecule has 0 saturated carbocycles. The first-order valence-electron chi connectivity index (χ1n) is 10.0. The van der Waals surface area contributed by atoms with Crippen LogP contribution < -0.4 is 15.0 Å². The molecule has 1 aliphatic heterocycles. The molecule has 0 aliphatic carbocycles. The maximum Gasteiger partial charge on any atom is 0.251 e. The van der Waals surface area contributed by atoms with Crippen LogP contribution in [0.15, 0.2) is 54.7 Å². The number of amides is 1. The van der Waals surface area contributed by atoms with Crippen LogP contribution in [0.3, 0.4) is 0 Å². The molecule has 0 spiro atoms. The second kappa shape index (κ2) is 8.82. The first-order chi connectivity index (χ1) is 14.2. The summed E-state index contributed by atoms with van der Waals surface area (Å²) in [5, 5.41) is 10.2. The van der Waals surface area contributed by atoms with E-state index >= 15 is 0 Å². The molecule has 6 nitrogen and oxygen atoms in total. The zero-order valence-corrected chi connectivity index (χ0v) is 16.6. The molecule has 1 fully saturated rings. The highest BCUT2D eigenvalue weighted by Crippen LogP contribution is 2.24. The summed E-state index contributed by atoms with van der Waals surface area (Å²) in [6.45, 7) is 2.60. The van der Waals surface area contributed by atoms with Crippen molar-refractivity contribution in [1.29, 1.82) is 0 Å². The highest BCUT2D eigenvalue weighted by atomic mass is 16.5. The highest BCUT2D eigenvalue weighted by molar-refractivity contribution is 5.94. The van der Waals surface area contributed by atoms with Gasteiger partial charge in [0.05, 0.1) is 19.0 Å². The molecule has 1 aliphatic rings. The maximum atomic E-state index is 12.6. The lowest BCUT2D eigenvalue weighted by Gasteiger charge is -2.28. The molecule has 0 unspecified atom stereocenters. The molecule has 6 heteroatoms. The Bertz CT molecular complexity index is 942. The Morgan fingerprint density at radius 1 is 1.07 bits per heavy atom. The SMILES string of the molecule is COc1ccc(-c2[nH]ncc2CNC(=O)c2ccc(N3CCCCC3)cc2)cc1. The number of anilines is 1. The van der Waals surface area contributed by atoms with E-state index in [0.29, 0.717) is 12.1 Å². The summed E-state index contributed by atoms with van der Waals surface area (Å²) in [5.41, 5.74) is 4.69. The Morgan fingerprint density at radius 2 is 1.79 bits per heavy atom. The average molecular weight is 390 g/mol. The van der Waals surface area contributed by atoms with Crippen molar-refractivity contribution in [1.82, 2.24) is 15.5 Å². The molecule has 150 valence electrons. The van der Waals surface area contributed by atoms with E-state index in [1.807, 2.05) is 48.5 Å². The van der Waals surface area contributed by atoms with Crippen LogP contribution in [-0.2, 0) is 6.54 Å². The van der Waals surface area contributed by atoms with Crippen LogP contribution in [0.1, 0.15) is 35.2 Å². The first kappa shape index (κ1) is 19.1. The minimum absolute atomic E-state index is 0.0860. The van der Waals surface area contributed by atoms with Crippen LogP contribution >= 0.6 is 0 Å². The number of H-pyrrole nitrogens is 1. The van der Waals surface area contributed by atoms with Crippen molar-refractivity contribution in [3.63, 3.8) is 0 Å². The van der Waals surface area contributed by atoms with Crippen molar-refractivity contribution < 1.29 is 9.53 Å². The van der Waals surface area contributed by atoms with Crippen LogP contribution in [0.25, 0.3) is 11.3 Å². The summed E-state index contributed by atoms with van der Waals surface area (Å²) in [6.07, 6.45) is 5.54. The number of nitrogens with zero attached hydrogens (tertiary/aromatic N) is 2. The number of aromatic nitrogens is 2. The van der Waals surface area contributed by atoms with Gasteiger partial charge in [-0.05, 0) is 67.8 Å². The van der Waals surface area contributed by atoms with Gasteiger partial charge in [0.25, 0.3) is 5.91 Å². The third kappa shape index (κ3) is 4.42. The number of nitrogens with one attached hydrogen (secondary N) is 2. The van der Waals surface area contributed by atoms with Crippen molar-refractivity contribution in [2.24, 2.45) is 0 Å². The minimum Gasteiger partial charge on any atom is -0.497 e. The summed E-state index contributed by atoms with van der Waals surface area (Å²) >= 11 is 0. The van der Waals surface area contributed by atoms with Gasteiger partial charge in [-0.25, -0.2) is 0 Å².